The third-order valence-electron chi connectivity index (χ3n) is 5.89. The van der Waals surface area contributed by atoms with Crippen LogP contribution in [0.2, 0.25) is 0 Å². The van der Waals surface area contributed by atoms with Crippen LogP contribution >= 0.6 is 0 Å². The molecule has 2 heterocycles. The minimum atomic E-state index is -0.571. The zero-order valence-electron chi connectivity index (χ0n) is 18.3. The summed E-state index contributed by atoms with van der Waals surface area (Å²) >= 11 is 0. The average Bonchev–Trinajstić information content (AvgIpc) is 2.83. The maximum Gasteiger partial charge on any atom is 0.312 e. The van der Waals surface area contributed by atoms with Gasteiger partial charge in [0, 0.05) is 40.8 Å². The first-order valence-electron chi connectivity index (χ1n) is 10.4. The summed E-state index contributed by atoms with van der Waals surface area (Å²) < 4.78 is 22.4. The Bertz CT molecular complexity index is 1480. The second kappa shape index (κ2) is 8.15. The lowest BCUT2D eigenvalue weighted by Gasteiger charge is -2.27. The van der Waals surface area contributed by atoms with Gasteiger partial charge in [0.1, 0.15) is 45.5 Å². The fraction of sp³-hybridized carbons (Fsp3) is 0.154. The van der Waals surface area contributed by atoms with Crippen LogP contribution in [0.1, 0.15) is 23.5 Å². The highest BCUT2D eigenvalue weighted by atomic mass is 16.5. The van der Waals surface area contributed by atoms with E-state index >= 15 is 0 Å². The summed E-state index contributed by atoms with van der Waals surface area (Å²) in [7, 11) is 3.05. The normalized spacial score (nSPS) is 15.0. The van der Waals surface area contributed by atoms with Crippen molar-refractivity contribution in [2.24, 2.45) is 0 Å². The number of benzene rings is 3. The number of ether oxygens (including phenoxy) is 3. The molecule has 2 N–H and O–H groups in total. The molecule has 0 bridgehead atoms. The SMILES string of the molecule is COc1ccc(C2CC(=O)Oc3cc(O)c4c(=O)cc(-c5ccc(O)cc5)oc4c32)c(OC)c1. The number of phenolic OH excluding ortho intramolecular Hbond substituents is 2. The molecular formula is C26H20O8. The number of rotatable bonds is 4. The van der Waals surface area contributed by atoms with Gasteiger partial charge in [-0.1, -0.05) is 6.07 Å². The third-order valence-corrected chi connectivity index (χ3v) is 5.89. The molecule has 1 aromatic heterocycles. The highest BCUT2D eigenvalue weighted by Crippen LogP contribution is 2.48. The summed E-state index contributed by atoms with van der Waals surface area (Å²) in [6.45, 7) is 0. The topological polar surface area (TPSA) is 115 Å². The van der Waals surface area contributed by atoms with Crippen LogP contribution in [0, 0.1) is 0 Å². The second-order valence-electron chi connectivity index (χ2n) is 7.87. The molecule has 34 heavy (non-hydrogen) atoms. The monoisotopic (exact) mass is 460 g/mol. The van der Waals surface area contributed by atoms with Crippen molar-refractivity contribution in [3.8, 4) is 40.1 Å². The van der Waals surface area contributed by atoms with Crippen molar-refractivity contribution >= 4 is 16.9 Å². The molecule has 0 radical (unpaired) electrons. The number of carbonyl (C=O) groups excluding carboxylic acids is 1. The predicted molar refractivity (Wildman–Crippen MR) is 123 cm³/mol. The van der Waals surface area contributed by atoms with E-state index in [1.54, 1.807) is 30.3 Å². The van der Waals surface area contributed by atoms with E-state index in [0.717, 1.165) is 0 Å². The van der Waals surface area contributed by atoms with E-state index in [1.807, 2.05) is 0 Å². The van der Waals surface area contributed by atoms with Crippen molar-refractivity contribution < 1.29 is 33.6 Å². The molecule has 4 aromatic rings. The predicted octanol–water partition coefficient (Wildman–Crippen LogP) is 4.33. The van der Waals surface area contributed by atoms with Crippen LogP contribution in [0.15, 0.2) is 63.8 Å². The Morgan fingerprint density at radius 2 is 1.71 bits per heavy atom. The Labute approximate surface area is 193 Å². The smallest absolute Gasteiger partial charge is 0.312 e. The Morgan fingerprint density at radius 3 is 2.41 bits per heavy atom. The van der Waals surface area contributed by atoms with Gasteiger partial charge in [-0.05, 0) is 30.3 Å². The molecule has 1 unspecified atom stereocenters. The summed E-state index contributed by atoms with van der Waals surface area (Å²) in [4.78, 5) is 25.5. The fourth-order valence-electron chi connectivity index (χ4n) is 4.30. The Morgan fingerprint density at radius 1 is 0.941 bits per heavy atom. The number of esters is 1. The lowest BCUT2D eigenvalue weighted by molar-refractivity contribution is -0.135. The van der Waals surface area contributed by atoms with Gasteiger partial charge in [0.25, 0.3) is 0 Å². The molecule has 1 aliphatic heterocycles. The number of hydrogen-bond acceptors (Lipinski definition) is 8. The van der Waals surface area contributed by atoms with E-state index in [9.17, 15) is 19.8 Å². The van der Waals surface area contributed by atoms with E-state index in [1.165, 1.54) is 38.5 Å². The van der Waals surface area contributed by atoms with Crippen LogP contribution in [0.25, 0.3) is 22.3 Å². The summed E-state index contributed by atoms with van der Waals surface area (Å²) in [5, 5.41) is 20.2. The number of aromatic hydroxyl groups is 2. The molecule has 0 spiro atoms. The Hall–Kier alpha value is -4.46. The highest BCUT2D eigenvalue weighted by molar-refractivity contribution is 5.93. The molecule has 0 saturated heterocycles. The van der Waals surface area contributed by atoms with Crippen molar-refractivity contribution in [3.05, 3.63) is 75.9 Å². The molecule has 8 heteroatoms. The molecule has 0 saturated carbocycles. The van der Waals surface area contributed by atoms with Gasteiger partial charge in [-0.25, -0.2) is 0 Å². The van der Waals surface area contributed by atoms with Gasteiger partial charge >= 0.3 is 5.97 Å². The number of phenols is 2. The Balaban J connectivity index is 1.81. The van der Waals surface area contributed by atoms with Crippen molar-refractivity contribution in [2.45, 2.75) is 12.3 Å². The van der Waals surface area contributed by atoms with Gasteiger partial charge in [0.15, 0.2) is 5.43 Å². The largest absolute Gasteiger partial charge is 0.508 e. The number of methoxy groups -OCH3 is 2. The van der Waals surface area contributed by atoms with Gasteiger partial charge in [-0.2, -0.15) is 0 Å². The molecule has 0 fully saturated rings. The lowest BCUT2D eigenvalue weighted by atomic mass is 9.84. The highest BCUT2D eigenvalue weighted by Gasteiger charge is 2.35. The summed E-state index contributed by atoms with van der Waals surface area (Å²) in [6, 6.07) is 13.9. The zero-order chi connectivity index (χ0) is 24.0. The lowest BCUT2D eigenvalue weighted by Crippen LogP contribution is -2.22. The first kappa shape index (κ1) is 21.4. The van der Waals surface area contributed by atoms with E-state index < -0.39 is 17.3 Å². The van der Waals surface area contributed by atoms with E-state index in [0.29, 0.717) is 28.2 Å². The van der Waals surface area contributed by atoms with Crippen molar-refractivity contribution in [1.29, 1.82) is 0 Å². The van der Waals surface area contributed by atoms with Gasteiger partial charge in [0.05, 0.1) is 20.6 Å². The molecule has 8 nitrogen and oxygen atoms in total. The molecule has 172 valence electrons. The third kappa shape index (κ3) is 3.49. The molecule has 0 amide bonds. The molecular weight excluding hydrogens is 440 g/mol. The summed E-state index contributed by atoms with van der Waals surface area (Å²) in [6.07, 6.45) is -0.0251. The average molecular weight is 460 g/mol. The molecule has 1 aliphatic rings. The van der Waals surface area contributed by atoms with Crippen LogP contribution < -0.4 is 19.6 Å². The van der Waals surface area contributed by atoms with Crippen LogP contribution in [-0.4, -0.2) is 30.4 Å². The van der Waals surface area contributed by atoms with E-state index in [-0.39, 0.29) is 40.4 Å². The van der Waals surface area contributed by atoms with Crippen molar-refractivity contribution in [2.75, 3.05) is 14.2 Å². The quantitative estimate of drug-likeness (QED) is 0.342. The van der Waals surface area contributed by atoms with Gasteiger partial charge in [-0.15, -0.1) is 0 Å². The van der Waals surface area contributed by atoms with Gasteiger partial charge < -0.3 is 28.8 Å². The standard InChI is InChI=1S/C26H20O8/c1-31-15-7-8-16(21(9-15)32-2)17-10-23(30)33-22-12-19(29)25-18(28)11-20(34-26(25)24(17)22)13-3-5-14(27)6-4-13/h3-9,11-12,17,27,29H,10H2,1-2H3. The maximum absolute atomic E-state index is 13.0. The number of hydrogen-bond donors (Lipinski definition) is 2. The zero-order valence-corrected chi connectivity index (χ0v) is 18.3. The first-order chi connectivity index (χ1) is 16.4. The summed E-state index contributed by atoms with van der Waals surface area (Å²) in [5.41, 5.74) is 1.34. The second-order valence-corrected chi connectivity index (χ2v) is 7.87. The minimum absolute atomic E-state index is 0.0169. The van der Waals surface area contributed by atoms with Gasteiger partial charge in [0.2, 0.25) is 0 Å². The van der Waals surface area contributed by atoms with Crippen LogP contribution in [-0.2, 0) is 4.79 Å². The number of carbonyl (C=O) groups is 1. The van der Waals surface area contributed by atoms with E-state index in [2.05, 4.69) is 0 Å². The van der Waals surface area contributed by atoms with Crippen LogP contribution in [0.3, 0.4) is 0 Å². The molecule has 5 rings (SSSR count). The van der Waals surface area contributed by atoms with Gasteiger partial charge in [-0.3, -0.25) is 9.59 Å². The van der Waals surface area contributed by atoms with E-state index in [4.69, 9.17) is 18.6 Å². The van der Waals surface area contributed by atoms with Crippen LogP contribution in [0.4, 0.5) is 0 Å². The first-order valence-corrected chi connectivity index (χ1v) is 10.4. The molecule has 0 aliphatic carbocycles. The number of fused-ring (bicyclic) bond motifs is 3. The molecule has 1 atom stereocenters. The summed E-state index contributed by atoms with van der Waals surface area (Å²) in [5.74, 6) is 0.0666. The minimum Gasteiger partial charge on any atom is -0.508 e. The van der Waals surface area contributed by atoms with Crippen LogP contribution in [0.5, 0.6) is 28.7 Å². The maximum atomic E-state index is 13.0. The molecule has 3 aromatic carbocycles. The van der Waals surface area contributed by atoms with Crippen molar-refractivity contribution in [1.82, 2.24) is 0 Å². The van der Waals surface area contributed by atoms with Crippen molar-refractivity contribution in [3.63, 3.8) is 0 Å². The fourth-order valence-corrected chi connectivity index (χ4v) is 4.30. The Kier molecular flexibility index (Phi) is 5.13.